The van der Waals surface area contributed by atoms with Gasteiger partial charge >= 0.3 is 6.01 Å². The largest absolute Gasteiger partial charge is 0.461 e. The van der Waals surface area contributed by atoms with E-state index in [0.29, 0.717) is 49.2 Å². The molecule has 0 saturated carbocycles. The molecule has 0 bridgehead atoms. The van der Waals surface area contributed by atoms with Crippen LogP contribution in [0.25, 0.3) is 32.9 Å². The molecule has 0 aliphatic carbocycles. The lowest BCUT2D eigenvalue weighted by molar-refractivity contribution is -0.128. The van der Waals surface area contributed by atoms with Crippen molar-refractivity contribution in [1.82, 2.24) is 29.7 Å². The van der Waals surface area contributed by atoms with Crippen LogP contribution in [0.3, 0.4) is 0 Å². The minimum absolute atomic E-state index is 0.0557. The molecule has 4 atom stereocenters. The second-order valence-corrected chi connectivity index (χ2v) is 14.8. The number of halogens is 3. The first-order chi connectivity index (χ1) is 26.3. The molecule has 14 heteroatoms. The van der Waals surface area contributed by atoms with E-state index in [0.717, 1.165) is 38.9 Å². The smallest absolute Gasteiger partial charge is 0.319 e. The summed E-state index contributed by atoms with van der Waals surface area (Å²) in [5.74, 6) is -1.09. The number of fused-ring (bicyclic) bond motifs is 3. The highest BCUT2D eigenvalue weighted by molar-refractivity contribution is 5.99. The number of hydrogen-bond acceptors (Lipinski definition) is 10. The third-order valence-electron chi connectivity index (χ3n) is 11.6. The van der Waals surface area contributed by atoms with Crippen molar-refractivity contribution in [2.45, 2.75) is 56.0 Å². The van der Waals surface area contributed by atoms with Gasteiger partial charge in [-0.1, -0.05) is 36.4 Å². The summed E-state index contributed by atoms with van der Waals surface area (Å²) in [4.78, 5) is 35.3. The van der Waals surface area contributed by atoms with Gasteiger partial charge in [0.25, 0.3) is 0 Å². The second kappa shape index (κ2) is 15.1. The third kappa shape index (κ3) is 6.85. The highest BCUT2D eigenvalue weighted by Crippen LogP contribution is 2.41. The van der Waals surface area contributed by atoms with Crippen LogP contribution in [0.2, 0.25) is 0 Å². The summed E-state index contributed by atoms with van der Waals surface area (Å²) >= 11 is 0. The SMILES string of the molecule is CO[C@@H]1CCN(C/C=C/C(=O)N2CCN(c3nc(OC[C@@]45CCCN4C[C@H](F)C5)nc4c(F)c(-c5cccc6cccc(F)c56)ncc34)C[C@@H]2CC#N)C1. The Morgan fingerprint density at radius 2 is 1.94 bits per heavy atom. The molecule has 0 radical (unpaired) electrons. The zero-order valence-corrected chi connectivity index (χ0v) is 30.3. The summed E-state index contributed by atoms with van der Waals surface area (Å²) in [6, 6.07) is 11.5. The maximum absolute atomic E-state index is 16.9. The van der Waals surface area contributed by atoms with Crippen LogP contribution in [-0.4, -0.2) is 125 Å². The van der Waals surface area contributed by atoms with Gasteiger partial charge in [-0.2, -0.15) is 15.2 Å². The highest BCUT2D eigenvalue weighted by Gasteiger charge is 2.49. The molecule has 54 heavy (non-hydrogen) atoms. The number of nitriles is 1. The lowest BCUT2D eigenvalue weighted by Gasteiger charge is -2.41. The Hall–Kier alpha value is -4.84. The van der Waals surface area contributed by atoms with Crippen LogP contribution in [0.1, 0.15) is 32.1 Å². The quantitative estimate of drug-likeness (QED) is 0.199. The van der Waals surface area contributed by atoms with Crippen molar-refractivity contribution in [3.8, 4) is 23.3 Å². The van der Waals surface area contributed by atoms with Gasteiger partial charge < -0.3 is 19.3 Å². The number of carbonyl (C=O) groups is 1. The maximum Gasteiger partial charge on any atom is 0.319 e. The zero-order valence-electron chi connectivity index (χ0n) is 30.3. The topological polar surface area (TPSA) is 111 Å². The molecule has 2 aromatic heterocycles. The van der Waals surface area contributed by atoms with Crippen molar-refractivity contribution < 1.29 is 27.4 Å². The van der Waals surface area contributed by atoms with E-state index in [2.05, 4.69) is 25.8 Å². The van der Waals surface area contributed by atoms with Crippen molar-refractivity contribution in [2.24, 2.45) is 0 Å². The zero-order chi connectivity index (χ0) is 37.4. The molecule has 4 saturated heterocycles. The molecule has 8 rings (SSSR count). The Balaban J connectivity index is 1.12. The normalized spacial score (nSPS) is 24.9. The number of methoxy groups -OCH3 is 1. The first-order valence-electron chi connectivity index (χ1n) is 18.7. The Bertz CT molecular complexity index is 2120. The van der Waals surface area contributed by atoms with Gasteiger partial charge in [0.05, 0.1) is 35.6 Å². The molecule has 1 amide bonds. The van der Waals surface area contributed by atoms with E-state index >= 15 is 8.78 Å². The summed E-state index contributed by atoms with van der Waals surface area (Å²) in [5, 5.41) is 10.9. The minimum Gasteiger partial charge on any atom is -0.461 e. The number of piperazine rings is 1. The number of amides is 1. The number of pyridine rings is 1. The van der Waals surface area contributed by atoms with Gasteiger partial charge in [-0.15, -0.1) is 0 Å². The number of aromatic nitrogens is 3. The summed E-state index contributed by atoms with van der Waals surface area (Å²) in [6.45, 7) is 4.50. The second-order valence-electron chi connectivity index (χ2n) is 14.8. The number of benzene rings is 2. The van der Waals surface area contributed by atoms with Gasteiger partial charge in [0.15, 0.2) is 5.82 Å². The molecule has 4 fully saturated rings. The average Bonchev–Trinajstić information content (AvgIpc) is 3.88. The third-order valence-corrected chi connectivity index (χ3v) is 11.6. The van der Waals surface area contributed by atoms with Gasteiger partial charge in [0, 0.05) is 82.6 Å². The van der Waals surface area contributed by atoms with E-state index in [-0.39, 0.29) is 59.8 Å². The Morgan fingerprint density at radius 3 is 2.76 bits per heavy atom. The van der Waals surface area contributed by atoms with Crippen LogP contribution >= 0.6 is 0 Å². The van der Waals surface area contributed by atoms with Gasteiger partial charge in [-0.05, 0) is 37.3 Å². The van der Waals surface area contributed by atoms with E-state index in [4.69, 9.17) is 14.5 Å². The fourth-order valence-electron chi connectivity index (χ4n) is 8.83. The first kappa shape index (κ1) is 36.2. The van der Waals surface area contributed by atoms with Gasteiger partial charge in [0.1, 0.15) is 35.6 Å². The Morgan fingerprint density at radius 1 is 1.09 bits per heavy atom. The fraction of sp³-hybridized carbons (Fsp3) is 0.475. The summed E-state index contributed by atoms with van der Waals surface area (Å²) in [7, 11) is 1.71. The van der Waals surface area contributed by atoms with Crippen molar-refractivity contribution >= 4 is 33.4 Å². The lowest BCUT2D eigenvalue weighted by Crippen LogP contribution is -2.55. The molecule has 4 aliphatic rings. The van der Waals surface area contributed by atoms with Crippen molar-refractivity contribution in [2.75, 3.05) is 71.0 Å². The summed E-state index contributed by atoms with van der Waals surface area (Å²) in [6.07, 6.45) is 7.23. The van der Waals surface area contributed by atoms with E-state index in [1.54, 1.807) is 48.4 Å². The standard InChI is InChI=1S/C40H43F3N8O3/c1-53-29-12-17-48(24-29)15-4-10-33(52)51-19-18-49(23-28(51)11-14-44)38-31-21-45-36(30-8-2-6-26-7-3-9-32(42)34(26)30)35(43)37(31)46-39(47-38)54-25-40-13-5-16-50(40)22-27(41)20-40/h2-4,6-10,21,27-29H,5,11-13,15-20,22-25H2,1H3/b10-4+/t27-,28+,29-,40+/m1/s1. The lowest BCUT2D eigenvalue weighted by atomic mass is 9.95. The van der Waals surface area contributed by atoms with Crippen LogP contribution in [-0.2, 0) is 9.53 Å². The van der Waals surface area contributed by atoms with Crippen molar-refractivity contribution in [3.63, 3.8) is 0 Å². The monoisotopic (exact) mass is 740 g/mol. The van der Waals surface area contributed by atoms with Crippen molar-refractivity contribution in [3.05, 3.63) is 66.4 Å². The molecular formula is C40H43F3N8O3. The van der Waals surface area contributed by atoms with Crippen molar-refractivity contribution in [1.29, 1.82) is 5.26 Å². The van der Waals surface area contributed by atoms with Crippen LogP contribution in [0.5, 0.6) is 6.01 Å². The maximum atomic E-state index is 16.9. The van der Waals surface area contributed by atoms with Gasteiger partial charge in [-0.25, -0.2) is 13.2 Å². The number of nitrogens with zero attached hydrogens (tertiary/aromatic N) is 8. The molecule has 11 nitrogen and oxygen atoms in total. The molecule has 4 aliphatic heterocycles. The number of hydrogen-bond donors (Lipinski definition) is 0. The van der Waals surface area contributed by atoms with E-state index in [1.807, 2.05) is 11.0 Å². The fourth-order valence-corrected chi connectivity index (χ4v) is 8.83. The molecule has 2 aromatic carbocycles. The van der Waals surface area contributed by atoms with E-state index < -0.39 is 29.4 Å². The molecule has 6 heterocycles. The van der Waals surface area contributed by atoms with Crippen LogP contribution in [0.15, 0.2) is 54.7 Å². The summed E-state index contributed by atoms with van der Waals surface area (Å²) < 4.78 is 58.4. The number of alkyl halides is 1. The number of anilines is 1. The number of ether oxygens (including phenoxy) is 2. The molecule has 0 N–H and O–H groups in total. The van der Waals surface area contributed by atoms with Crippen LogP contribution in [0.4, 0.5) is 19.0 Å². The highest BCUT2D eigenvalue weighted by atomic mass is 19.1. The molecular weight excluding hydrogens is 697 g/mol. The number of carbonyl (C=O) groups excluding carboxylic acids is 1. The molecule has 4 aromatic rings. The Kier molecular flexibility index (Phi) is 10.1. The average molecular weight is 741 g/mol. The van der Waals surface area contributed by atoms with Crippen LogP contribution in [0, 0.1) is 23.0 Å². The molecule has 0 unspecified atom stereocenters. The minimum atomic E-state index is -0.955. The summed E-state index contributed by atoms with van der Waals surface area (Å²) in [5.41, 5.74) is -0.329. The van der Waals surface area contributed by atoms with Gasteiger partial charge in [0.2, 0.25) is 5.91 Å². The van der Waals surface area contributed by atoms with E-state index in [1.165, 1.54) is 12.3 Å². The first-order valence-corrected chi connectivity index (χ1v) is 18.7. The van der Waals surface area contributed by atoms with Crippen LogP contribution < -0.4 is 9.64 Å². The van der Waals surface area contributed by atoms with Gasteiger partial charge in [-0.3, -0.25) is 19.6 Å². The molecule has 282 valence electrons. The predicted octanol–water partition coefficient (Wildman–Crippen LogP) is 5.29. The Labute approximate surface area is 312 Å². The van der Waals surface area contributed by atoms with E-state index in [9.17, 15) is 14.4 Å². The number of likely N-dealkylation sites (tertiary alicyclic amines) is 1. The predicted molar refractivity (Wildman–Crippen MR) is 198 cm³/mol. The molecule has 0 spiro atoms. The number of rotatable bonds is 10.